The molecule has 1 aromatic heterocycles. The molecule has 0 spiro atoms. The van der Waals surface area contributed by atoms with Gasteiger partial charge >= 0.3 is 11.8 Å². The zero-order valence-corrected chi connectivity index (χ0v) is 10.8. The summed E-state index contributed by atoms with van der Waals surface area (Å²) in [5.41, 5.74) is 0. The molecule has 18 heavy (non-hydrogen) atoms. The number of carbonyl (C=O) groups excluding carboxylic acids is 1. The number of nitrogens with zero attached hydrogens (tertiary/aromatic N) is 3. The van der Waals surface area contributed by atoms with E-state index in [1.165, 1.54) is 10.8 Å². The van der Waals surface area contributed by atoms with Gasteiger partial charge in [0.2, 0.25) is 0 Å². The predicted molar refractivity (Wildman–Crippen MR) is 64.1 cm³/mol. The number of nitro groups is 1. The quantitative estimate of drug-likeness (QED) is 0.439. The number of imidazole rings is 1. The number of aromatic nitrogens is 2. The van der Waals surface area contributed by atoms with Crippen LogP contribution in [0, 0.1) is 17.0 Å². The third kappa shape index (κ3) is 3.83. The number of hydrogen-bond donors (Lipinski definition) is 0. The maximum atomic E-state index is 11.3. The highest BCUT2D eigenvalue weighted by atomic mass is 16.6. The van der Waals surface area contributed by atoms with Gasteiger partial charge in [0.25, 0.3) is 0 Å². The molecule has 0 unspecified atom stereocenters. The largest absolute Gasteiger partial charge is 0.463 e. The average Bonchev–Trinajstić information content (AvgIpc) is 2.59. The summed E-state index contributed by atoms with van der Waals surface area (Å²) in [6, 6.07) is 0. The van der Waals surface area contributed by atoms with E-state index in [0.717, 1.165) is 0 Å². The number of aryl methyl sites for hydroxylation is 1. The van der Waals surface area contributed by atoms with Crippen molar-refractivity contribution in [3.8, 4) is 0 Å². The number of rotatable bonds is 6. The van der Waals surface area contributed by atoms with Crippen LogP contribution in [0.15, 0.2) is 6.20 Å². The maximum absolute atomic E-state index is 11.3. The first kappa shape index (κ1) is 14.1. The number of carbonyl (C=O) groups is 1. The SMILES string of the molecule is Cc1ncc([N+](=O)[O-])n1CCCC(=O)OC(C)C. The topological polar surface area (TPSA) is 87.3 Å². The number of ether oxygens (including phenoxy) is 1. The van der Waals surface area contributed by atoms with Gasteiger partial charge in [0.05, 0.1) is 12.6 Å². The van der Waals surface area contributed by atoms with Crippen molar-refractivity contribution in [2.24, 2.45) is 0 Å². The van der Waals surface area contributed by atoms with Gasteiger partial charge in [-0.05, 0) is 25.2 Å². The first-order valence-corrected chi connectivity index (χ1v) is 5.77. The van der Waals surface area contributed by atoms with Gasteiger partial charge in [-0.3, -0.25) is 4.79 Å². The van der Waals surface area contributed by atoms with E-state index < -0.39 is 4.92 Å². The van der Waals surface area contributed by atoms with Crippen LogP contribution in [0.5, 0.6) is 0 Å². The third-order valence-corrected chi connectivity index (χ3v) is 2.35. The van der Waals surface area contributed by atoms with E-state index in [1.54, 1.807) is 20.8 Å². The van der Waals surface area contributed by atoms with Gasteiger partial charge in [-0.2, -0.15) is 0 Å². The lowest BCUT2D eigenvalue weighted by Gasteiger charge is -2.07. The molecule has 0 aromatic carbocycles. The molecule has 0 saturated carbocycles. The van der Waals surface area contributed by atoms with Gasteiger partial charge in [-0.1, -0.05) is 0 Å². The fourth-order valence-electron chi connectivity index (χ4n) is 1.58. The van der Waals surface area contributed by atoms with E-state index in [0.29, 0.717) is 18.8 Å². The summed E-state index contributed by atoms with van der Waals surface area (Å²) in [4.78, 5) is 25.4. The average molecular weight is 255 g/mol. The summed E-state index contributed by atoms with van der Waals surface area (Å²) in [5.74, 6) is 0.231. The summed E-state index contributed by atoms with van der Waals surface area (Å²) in [6.45, 7) is 5.64. The van der Waals surface area contributed by atoms with E-state index in [9.17, 15) is 14.9 Å². The van der Waals surface area contributed by atoms with Crippen LogP contribution in [0.3, 0.4) is 0 Å². The fourth-order valence-corrected chi connectivity index (χ4v) is 1.58. The Kier molecular flexibility index (Phi) is 4.82. The molecule has 0 bridgehead atoms. The van der Waals surface area contributed by atoms with Crippen LogP contribution in [0.1, 0.15) is 32.5 Å². The van der Waals surface area contributed by atoms with Crippen LogP contribution < -0.4 is 0 Å². The number of esters is 1. The minimum absolute atomic E-state index is 0.0512. The molecule has 0 aliphatic heterocycles. The molecular formula is C11H17N3O4. The highest BCUT2D eigenvalue weighted by Crippen LogP contribution is 2.14. The molecule has 0 radical (unpaired) electrons. The molecule has 7 heteroatoms. The molecule has 0 N–H and O–H groups in total. The van der Waals surface area contributed by atoms with Crippen LogP contribution in [0.4, 0.5) is 5.82 Å². The highest BCUT2D eigenvalue weighted by Gasteiger charge is 2.17. The lowest BCUT2D eigenvalue weighted by atomic mass is 10.3. The van der Waals surface area contributed by atoms with Gasteiger partial charge < -0.3 is 14.9 Å². The van der Waals surface area contributed by atoms with E-state index >= 15 is 0 Å². The molecule has 0 aliphatic rings. The van der Waals surface area contributed by atoms with E-state index in [2.05, 4.69) is 4.98 Å². The zero-order valence-electron chi connectivity index (χ0n) is 10.8. The first-order valence-electron chi connectivity index (χ1n) is 5.77. The molecule has 0 aliphatic carbocycles. The Morgan fingerprint density at radius 1 is 1.61 bits per heavy atom. The summed E-state index contributed by atoms with van der Waals surface area (Å²) >= 11 is 0. The fraction of sp³-hybridized carbons (Fsp3) is 0.636. The molecule has 100 valence electrons. The summed E-state index contributed by atoms with van der Waals surface area (Å²) in [7, 11) is 0. The minimum Gasteiger partial charge on any atom is -0.463 e. The van der Waals surface area contributed by atoms with Crippen LogP contribution in [0.2, 0.25) is 0 Å². The predicted octanol–water partition coefficient (Wildman–Crippen LogP) is 1.83. The molecule has 1 heterocycles. The van der Waals surface area contributed by atoms with Crippen molar-refractivity contribution in [2.45, 2.75) is 46.3 Å². The molecule has 1 aromatic rings. The monoisotopic (exact) mass is 255 g/mol. The Balaban J connectivity index is 2.51. The molecule has 0 saturated heterocycles. The third-order valence-electron chi connectivity index (χ3n) is 2.35. The summed E-state index contributed by atoms with van der Waals surface area (Å²) in [6.07, 6.45) is 1.82. The molecule has 0 amide bonds. The minimum atomic E-state index is -0.480. The van der Waals surface area contributed by atoms with Crippen molar-refractivity contribution >= 4 is 11.8 Å². The second kappa shape index (κ2) is 6.13. The molecule has 0 atom stereocenters. The molecular weight excluding hydrogens is 238 g/mol. The standard InChI is InChI=1S/C11H17N3O4/c1-8(2)18-11(15)5-4-6-13-9(3)12-7-10(13)14(16)17/h7-8H,4-6H2,1-3H3. The number of hydrogen-bond acceptors (Lipinski definition) is 5. The van der Waals surface area contributed by atoms with Crippen molar-refractivity contribution in [2.75, 3.05) is 0 Å². The Morgan fingerprint density at radius 3 is 2.83 bits per heavy atom. The van der Waals surface area contributed by atoms with Crippen molar-refractivity contribution in [1.82, 2.24) is 9.55 Å². The van der Waals surface area contributed by atoms with Crippen LogP contribution in [0.25, 0.3) is 0 Å². The smallest absolute Gasteiger partial charge is 0.342 e. The normalized spacial score (nSPS) is 10.7. The summed E-state index contributed by atoms with van der Waals surface area (Å²) < 4.78 is 6.47. The van der Waals surface area contributed by atoms with Crippen molar-refractivity contribution < 1.29 is 14.5 Å². The summed E-state index contributed by atoms with van der Waals surface area (Å²) in [5, 5.41) is 10.7. The second-order valence-electron chi connectivity index (χ2n) is 4.21. The van der Waals surface area contributed by atoms with Crippen molar-refractivity contribution in [1.29, 1.82) is 0 Å². The van der Waals surface area contributed by atoms with Gasteiger partial charge in [-0.15, -0.1) is 0 Å². The van der Waals surface area contributed by atoms with Crippen molar-refractivity contribution in [3.05, 3.63) is 22.1 Å². The first-order chi connectivity index (χ1) is 8.41. The van der Waals surface area contributed by atoms with E-state index in [-0.39, 0.29) is 24.3 Å². The van der Waals surface area contributed by atoms with Crippen LogP contribution in [-0.4, -0.2) is 26.5 Å². The molecule has 7 nitrogen and oxygen atoms in total. The van der Waals surface area contributed by atoms with E-state index in [4.69, 9.17) is 4.74 Å². The maximum Gasteiger partial charge on any atom is 0.342 e. The lowest BCUT2D eigenvalue weighted by Crippen LogP contribution is -2.12. The van der Waals surface area contributed by atoms with Gasteiger partial charge in [0, 0.05) is 13.3 Å². The Hall–Kier alpha value is -1.92. The molecule has 0 fully saturated rings. The van der Waals surface area contributed by atoms with E-state index in [1.807, 2.05) is 0 Å². The zero-order chi connectivity index (χ0) is 13.7. The van der Waals surface area contributed by atoms with Crippen LogP contribution in [-0.2, 0) is 16.1 Å². The van der Waals surface area contributed by atoms with Gasteiger partial charge in [0.15, 0.2) is 5.82 Å². The highest BCUT2D eigenvalue weighted by molar-refractivity contribution is 5.69. The van der Waals surface area contributed by atoms with Gasteiger partial charge in [0.1, 0.15) is 6.20 Å². The van der Waals surface area contributed by atoms with Gasteiger partial charge in [-0.25, -0.2) is 9.55 Å². The molecule has 1 rings (SSSR count). The second-order valence-corrected chi connectivity index (χ2v) is 4.21. The Bertz CT molecular complexity index is 439. The van der Waals surface area contributed by atoms with Crippen LogP contribution >= 0.6 is 0 Å². The Labute approximate surface area is 105 Å². The van der Waals surface area contributed by atoms with Crippen molar-refractivity contribution in [3.63, 3.8) is 0 Å². The lowest BCUT2D eigenvalue weighted by molar-refractivity contribution is -0.392. The Morgan fingerprint density at radius 2 is 2.28 bits per heavy atom.